The first-order valence-electron chi connectivity index (χ1n) is 9.05. The van der Waals surface area contributed by atoms with Gasteiger partial charge in [-0.3, -0.25) is 4.79 Å². The van der Waals surface area contributed by atoms with Gasteiger partial charge >= 0.3 is 0 Å². The molecule has 132 valence electrons. The average molecular weight is 333 g/mol. The van der Waals surface area contributed by atoms with Gasteiger partial charge in [-0.2, -0.15) is 0 Å². The number of quaternary nitrogens is 1. The Morgan fingerprint density at radius 2 is 1.75 bits per heavy atom. The molecule has 2 heterocycles. The normalized spacial score (nSPS) is 22.7. The summed E-state index contributed by atoms with van der Waals surface area (Å²) in [5, 5.41) is 3.23. The highest BCUT2D eigenvalue weighted by Gasteiger charge is 2.36. The molecule has 0 unspecified atom stereocenters. The number of benzene rings is 1. The highest BCUT2D eigenvalue weighted by atomic mass is 16.5. The summed E-state index contributed by atoms with van der Waals surface area (Å²) in [6.45, 7) is 7.54. The monoisotopic (exact) mass is 333 g/mol. The van der Waals surface area contributed by atoms with E-state index in [0.29, 0.717) is 6.54 Å². The summed E-state index contributed by atoms with van der Waals surface area (Å²) in [6, 6.07) is 10.5. The SMILES string of the molecule is C[C@@H](C(=O)NCC1(c2ccccc2)CCOCC1)[NH+]1CCOCC1. The molecule has 1 amide bonds. The van der Waals surface area contributed by atoms with E-state index in [0.717, 1.165) is 52.4 Å². The quantitative estimate of drug-likeness (QED) is 0.807. The number of rotatable bonds is 5. The number of carbonyl (C=O) groups excluding carboxylic acids is 1. The minimum Gasteiger partial charge on any atom is -0.381 e. The maximum atomic E-state index is 12.7. The second kappa shape index (κ2) is 8.10. The van der Waals surface area contributed by atoms with Crippen LogP contribution in [0.2, 0.25) is 0 Å². The van der Waals surface area contributed by atoms with E-state index in [1.807, 2.05) is 13.0 Å². The van der Waals surface area contributed by atoms with Crippen LogP contribution in [-0.4, -0.2) is 58.0 Å². The van der Waals surface area contributed by atoms with Gasteiger partial charge in [0.05, 0.1) is 13.2 Å². The molecular formula is C19H29N2O3+. The van der Waals surface area contributed by atoms with E-state index in [1.54, 1.807) is 0 Å². The number of hydrogen-bond acceptors (Lipinski definition) is 3. The first-order chi connectivity index (χ1) is 11.7. The number of hydrogen-bond donors (Lipinski definition) is 2. The lowest BCUT2D eigenvalue weighted by Gasteiger charge is -2.38. The van der Waals surface area contributed by atoms with Crippen LogP contribution < -0.4 is 10.2 Å². The highest BCUT2D eigenvalue weighted by molar-refractivity contribution is 5.80. The molecule has 0 aromatic heterocycles. The van der Waals surface area contributed by atoms with Gasteiger partial charge < -0.3 is 19.7 Å². The summed E-state index contributed by atoms with van der Waals surface area (Å²) in [6.07, 6.45) is 1.91. The Labute approximate surface area is 144 Å². The largest absolute Gasteiger partial charge is 0.381 e. The molecule has 1 atom stereocenters. The lowest BCUT2D eigenvalue weighted by Crippen LogP contribution is -3.18. The predicted octanol–water partition coefficient (Wildman–Crippen LogP) is 0.155. The second-order valence-electron chi connectivity index (χ2n) is 6.97. The van der Waals surface area contributed by atoms with E-state index >= 15 is 0 Å². The molecule has 2 saturated heterocycles. The summed E-state index contributed by atoms with van der Waals surface area (Å²) < 4.78 is 11.0. The van der Waals surface area contributed by atoms with Crippen molar-refractivity contribution in [3.63, 3.8) is 0 Å². The Balaban J connectivity index is 1.64. The molecule has 24 heavy (non-hydrogen) atoms. The van der Waals surface area contributed by atoms with Crippen LogP contribution in [0.1, 0.15) is 25.3 Å². The number of morpholine rings is 1. The van der Waals surface area contributed by atoms with Crippen molar-refractivity contribution in [3.05, 3.63) is 35.9 Å². The molecule has 2 fully saturated rings. The van der Waals surface area contributed by atoms with E-state index in [-0.39, 0.29) is 17.4 Å². The number of nitrogens with one attached hydrogen (secondary N) is 2. The van der Waals surface area contributed by atoms with Crippen molar-refractivity contribution < 1.29 is 19.2 Å². The van der Waals surface area contributed by atoms with Crippen LogP contribution >= 0.6 is 0 Å². The van der Waals surface area contributed by atoms with Crippen LogP contribution in [0, 0.1) is 0 Å². The standard InChI is InChI=1S/C19H28N2O3/c1-16(21-9-13-24-14-10-21)18(22)20-15-19(7-11-23-12-8-19)17-5-3-2-4-6-17/h2-6,16H,7-15H2,1H3,(H,20,22)/p+1/t16-/m0/s1. The van der Waals surface area contributed by atoms with E-state index < -0.39 is 0 Å². The molecule has 1 aromatic rings. The van der Waals surface area contributed by atoms with Gasteiger partial charge in [-0.15, -0.1) is 0 Å². The second-order valence-corrected chi connectivity index (χ2v) is 6.97. The van der Waals surface area contributed by atoms with Crippen molar-refractivity contribution in [2.45, 2.75) is 31.2 Å². The van der Waals surface area contributed by atoms with Gasteiger partial charge in [0.25, 0.3) is 5.91 Å². The third kappa shape index (κ3) is 3.97. The number of carbonyl (C=O) groups is 1. The van der Waals surface area contributed by atoms with Crippen molar-refractivity contribution in [1.29, 1.82) is 0 Å². The van der Waals surface area contributed by atoms with Gasteiger partial charge in [-0.05, 0) is 25.3 Å². The topological polar surface area (TPSA) is 52.0 Å². The van der Waals surface area contributed by atoms with Crippen LogP contribution in [-0.2, 0) is 19.7 Å². The molecule has 0 saturated carbocycles. The van der Waals surface area contributed by atoms with Crippen molar-refractivity contribution in [2.24, 2.45) is 0 Å². The minimum atomic E-state index is -0.0263. The fourth-order valence-electron chi connectivity index (χ4n) is 3.78. The molecule has 2 N–H and O–H groups in total. The van der Waals surface area contributed by atoms with E-state index in [1.165, 1.54) is 10.5 Å². The van der Waals surface area contributed by atoms with Crippen LogP contribution in [0.5, 0.6) is 0 Å². The molecule has 3 rings (SSSR count). The number of amides is 1. The molecule has 5 nitrogen and oxygen atoms in total. The average Bonchev–Trinajstić information content (AvgIpc) is 2.67. The van der Waals surface area contributed by atoms with Gasteiger partial charge in [-0.1, -0.05) is 30.3 Å². The third-order valence-electron chi connectivity index (χ3n) is 5.58. The van der Waals surface area contributed by atoms with Crippen molar-refractivity contribution >= 4 is 5.91 Å². The van der Waals surface area contributed by atoms with Gasteiger partial charge in [0.15, 0.2) is 6.04 Å². The fraction of sp³-hybridized carbons (Fsp3) is 0.632. The molecule has 1 aromatic carbocycles. The van der Waals surface area contributed by atoms with Crippen molar-refractivity contribution in [2.75, 3.05) is 46.1 Å². The molecule has 0 radical (unpaired) electrons. The van der Waals surface area contributed by atoms with Crippen LogP contribution in [0.4, 0.5) is 0 Å². The molecule has 0 spiro atoms. The summed E-state index contributed by atoms with van der Waals surface area (Å²) in [5.74, 6) is 0.147. The Morgan fingerprint density at radius 3 is 2.42 bits per heavy atom. The maximum absolute atomic E-state index is 12.7. The van der Waals surface area contributed by atoms with Gasteiger partial charge in [0, 0.05) is 25.2 Å². The summed E-state index contributed by atoms with van der Waals surface area (Å²) >= 11 is 0. The summed E-state index contributed by atoms with van der Waals surface area (Å²) in [4.78, 5) is 14.0. The number of ether oxygens (including phenoxy) is 2. The first-order valence-corrected chi connectivity index (χ1v) is 9.05. The molecule has 2 aliphatic heterocycles. The Kier molecular flexibility index (Phi) is 5.87. The zero-order valence-electron chi connectivity index (χ0n) is 14.6. The third-order valence-corrected chi connectivity index (χ3v) is 5.58. The lowest BCUT2D eigenvalue weighted by atomic mass is 9.74. The molecule has 2 aliphatic rings. The van der Waals surface area contributed by atoms with Crippen LogP contribution in [0.25, 0.3) is 0 Å². The Bertz CT molecular complexity index is 523. The zero-order valence-corrected chi connectivity index (χ0v) is 14.6. The molecular weight excluding hydrogens is 304 g/mol. The zero-order chi connectivity index (χ0) is 16.8. The Hall–Kier alpha value is -1.43. The molecule has 0 aliphatic carbocycles. The molecule has 0 bridgehead atoms. The predicted molar refractivity (Wildman–Crippen MR) is 92.2 cm³/mol. The van der Waals surface area contributed by atoms with Gasteiger partial charge in [-0.25, -0.2) is 0 Å². The summed E-state index contributed by atoms with van der Waals surface area (Å²) in [7, 11) is 0. The lowest BCUT2D eigenvalue weighted by molar-refractivity contribution is -0.921. The Morgan fingerprint density at radius 1 is 1.12 bits per heavy atom. The van der Waals surface area contributed by atoms with E-state index in [9.17, 15) is 4.79 Å². The van der Waals surface area contributed by atoms with Crippen molar-refractivity contribution in [3.8, 4) is 0 Å². The fourth-order valence-corrected chi connectivity index (χ4v) is 3.78. The highest BCUT2D eigenvalue weighted by Crippen LogP contribution is 2.34. The minimum absolute atomic E-state index is 0.00473. The van der Waals surface area contributed by atoms with Crippen LogP contribution in [0.15, 0.2) is 30.3 Å². The van der Waals surface area contributed by atoms with E-state index in [2.05, 4.69) is 29.6 Å². The smallest absolute Gasteiger partial charge is 0.278 e. The van der Waals surface area contributed by atoms with Crippen LogP contribution in [0.3, 0.4) is 0 Å². The summed E-state index contributed by atoms with van der Waals surface area (Å²) in [5.41, 5.74) is 1.30. The first kappa shape index (κ1) is 17.4. The molecule has 5 heteroatoms. The van der Waals surface area contributed by atoms with E-state index in [4.69, 9.17) is 9.47 Å². The maximum Gasteiger partial charge on any atom is 0.278 e. The van der Waals surface area contributed by atoms with Crippen molar-refractivity contribution in [1.82, 2.24) is 5.32 Å². The van der Waals surface area contributed by atoms with Gasteiger partial charge in [0.2, 0.25) is 0 Å². The van der Waals surface area contributed by atoms with Gasteiger partial charge in [0.1, 0.15) is 13.1 Å².